The average molecular weight is 1050 g/mol. The lowest BCUT2D eigenvalue weighted by molar-refractivity contribution is -0.167. The van der Waals surface area contributed by atoms with Crippen molar-refractivity contribution in [1.82, 2.24) is 0 Å². The van der Waals surface area contributed by atoms with Gasteiger partial charge in [0.25, 0.3) is 0 Å². The number of hydrogen-bond acceptors (Lipinski definition) is 6. The topological polar surface area (TPSA) is 78.9 Å². The first kappa shape index (κ1) is 71.3. The first-order valence-electron chi connectivity index (χ1n) is 30.8. The number of ether oxygens (including phenoxy) is 3. The fourth-order valence-corrected chi connectivity index (χ4v) is 8.05. The van der Waals surface area contributed by atoms with Gasteiger partial charge in [0.15, 0.2) is 6.10 Å². The summed E-state index contributed by atoms with van der Waals surface area (Å²) in [5.74, 6) is -0.978. The van der Waals surface area contributed by atoms with E-state index >= 15 is 0 Å². The molecule has 6 heteroatoms. The smallest absolute Gasteiger partial charge is 0.306 e. The minimum atomic E-state index is -0.811. The third kappa shape index (κ3) is 60.2. The highest BCUT2D eigenvalue weighted by Crippen LogP contribution is 2.15. The summed E-state index contributed by atoms with van der Waals surface area (Å²) in [4.78, 5) is 38.2. The van der Waals surface area contributed by atoms with E-state index in [9.17, 15) is 14.4 Å². The van der Waals surface area contributed by atoms with E-state index in [1.54, 1.807) is 0 Å². The molecule has 1 unspecified atom stereocenters. The van der Waals surface area contributed by atoms with Crippen molar-refractivity contribution in [1.29, 1.82) is 0 Å². The maximum absolute atomic E-state index is 12.9. The van der Waals surface area contributed by atoms with Crippen LogP contribution in [0.2, 0.25) is 0 Å². The second-order valence-electron chi connectivity index (χ2n) is 19.9. The third-order valence-electron chi connectivity index (χ3n) is 12.6. The maximum Gasteiger partial charge on any atom is 0.306 e. The fourth-order valence-electron chi connectivity index (χ4n) is 8.05. The van der Waals surface area contributed by atoms with Gasteiger partial charge in [-0.15, -0.1) is 0 Å². The van der Waals surface area contributed by atoms with E-state index < -0.39 is 6.10 Å². The zero-order valence-corrected chi connectivity index (χ0v) is 49.0. The number of hydrogen-bond donors (Lipinski definition) is 0. The van der Waals surface area contributed by atoms with Crippen LogP contribution in [-0.2, 0) is 28.6 Å². The standard InChI is InChI=1S/C70H112O6/c1-4-7-10-13-16-19-22-25-27-29-30-31-32-33-34-35-36-37-38-39-40-42-43-45-48-51-54-57-60-63-69(72)75-66-67(65-74-68(71)62-59-56-53-50-47-24-21-18-15-12-9-6-3)76-70(73)64-61-58-55-52-49-46-44-41-28-26-23-20-17-14-11-8-5-2/h7-8,10-11,16-17,19-20,25-28,30-31,33-34,36-37,39-40,43,45,51,54,67H,4-6,9,12-15,18,21-24,29,32,35,38,41-42,44,46-50,52-53,55-66H2,1-3H3/b10-7-,11-8-,19-16-,20-17-,27-25-,28-26-,31-30-,34-33-,37-36-,40-39-,45-43-,54-51-. The Bertz CT molecular complexity index is 1680. The molecule has 0 bridgehead atoms. The van der Waals surface area contributed by atoms with Crippen LogP contribution in [-0.4, -0.2) is 37.2 Å². The summed E-state index contributed by atoms with van der Waals surface area (Å²) in [7, 11) is 0. The molecule has 0 aromatic heterocycles. The number of rotatable bonds is 54. The monoisotopic (exact) mass is 1050 g/mol. The van der Waals surface area contributed by atoms with E-state index in [1.807, 2.05) is 0 Å². The van der Waals surface area contributed by atoms with Crippen molar-refractivity contribution < 1.29 is 28.6 Å². The molecule has 0 amide bonds. The zero-order chi connectivity index (χ0) is 55.0. The molecular weight excluding hydrogens is 937 g/mol. The van der Waals surface area contributed by atoms with Crippen LogP contribution in [0, 0.1) is 0 Å². The quantitative estimate of drug-likeness (QED) is 0.0261. The molecule has 76 heavy (non-hydrogen) atoms. The molecule has 0 aliphatic heterocycles. The molecule has 0 saturated heterocycles. The van der Waals surface area contributed by atoms with Crippen molar-refractivity contribution in [3.05, 3.63) is 146 Å². The van der Waals surface area contributed by atoms with E-state index in [-0.39, 0.29) is 37.5 Å². The second-order valence-corrected chi connectivity index (χ2v) is 19.9. The number of allylic oxidation sites excluding steroid dienone is 24. The molecule has 428 valence electrons. The predicted octanol–water partition coefficient (Wildman–Crippen LogP) is 21.2. The number of unbranched alkanes of at least 4 members (excludes halogenated alkanes) is 19. The molecule has 0 N–H and O–H groups in total. The van der Waals surface area contributed by atoms with Crippen molar-refractivity contribution in [2.45, 2.75) is 264 Å². The molecule has 0 aromatic rings. The van der Waals surface area contributed by atoms with Gasteiger partial charge in [-0.05, 0) is 116 Å². The highest BCUT2D eigenvalue weighted by atomic mass is 16.6. The summed E-state index contributed by atoms with van der Waals surface area (Å²) in [6.45, 7) is 6.35. The SMILES string of the molecule is CC/C=C\C/C=C\C/C=C\C/C=C\C/C=C\C/C=C\C/C=C\C/C=C\C/C=C\CCCC(=O)OCC(COC(=O)CCCCCCCCCCCCCC)OC(=O)CCCCCCCCC/C=C\C/C=C\C/C=C\CC. The predicted molar refractivity (Wildman–Crippen MR) is 329 cm³/mol. The highest BCUT2D eigenvalue weighted by Gasteiger charge is 2.19. The summed E-state index contributed by atoms with van der Waals surface area (Å²) in [6.07, 6.45) is 89.9. The Morgan fingerprint density at radius 2 is 0.526 bits per heavy atom. The van der Waals surface area contributed by atoms with Gasteiger partial charge in [0.05, 0.1) is 0 Å². The summed E-state index contributed by atoms with van der Waals surface area (Å²) >= 11 is 0. The molecule has 0 rings (SSSR count). The van der Waals surface area contributed by atoms with Gasteiger partial charge in [0.1, 0.15) is 13.2 Å². The van der Waals surface area contributed by atoms with Crippen molar-refractivity contribution in [2.24, 2.45) is 0 Å². The Hall–Kier alpha value is -4.71. The first-order chi connectivity index (χ1) is 37.5. The van der Waals surface area contributed by atoms with E-state index in [0.29, 0.717) is 19.3 Å². The lowest BCUT2D eigenvalue weighted by atomic mass is 10.0. The van der Waals surface area contributed by atoms with Crippen LogP contribution in [0.3, 0.4) is 0 Å². The van der Waals surface area contributed by atoms with Gasteiger partial charge in [-0.3, -0.25) is 14.4 Å². The Balaban J connectivity index is 4.44. The maximum atomic E-state index is 12.9. The minimum Gasteiger partial charge on any atom is -0.462 e. The van der Waals surface area contributed by atoms with Gasteiger partial charge in [0.2, 0.25) is 0 Å². The largest absolute Gasteiger partial charge is 0.462 e. The fraction of sp³-hybridized carbons (Fsp3) is 0.614. The summed E-state index contributed by atoms with van der Waals surface area (Å²) in [5.41, 5.74) is 0. The molecule has 0 heterocycles. The lowest BCUT2D eigenvalue weighted by Crippen LogP contribution is -2.30. The molecule has 0 aliphatic carbocycles. The van der Waals surface area contributed by atoms with Gasteiger partial charge in [-0.25, -0.2) is 0 Å². The van der Waals surface area contributed by atoms with Crippen molar-refractivity contribution >= 4 is 17.9 Å². The Kier molecular flexibility index (Phi) is 58.9. The van der Waals surface area contributed by atoms with Crippen LogP contribution < -0.4 is 0 Å². The molecule has 1 atom stereocenters. The highest BCUT2D eigenvalue weighted by molar-refractivity contribution is 5.71. The Morgan fingerprint density at radius 1 is 0.276 bits per heavy atom. The van der Waals surface area contributed by atoms with Crippen LogP contribution in [0.4, 0.5) is 0 Å². The van der Waals surface area contributed by atoms with Gasteiger partial charge < -0.3 is 14.2 Å². The summed E-state index contributed by atoms with van der Waals surface area (Å²) < 4.78 is 16.8. The van der Waals surface area contributed by atoms with E-state index in [0.717, 1.165) is 128 Å². The van der Waals surface area contributed by atoms with Gasteiger partial charge in [-0.2, -0.15) is 0 Å². The van der Waals surface area contributed by atoms with Gasteiger partial charge in [0, 0.05) is 19.3 Å². The third-order valence-corrected chi connectivity index (χ3v) is 12.6. The number of carbonyl (C=O) groups is 3. The van der Waals surface area contributed by atoms with Crippen LogP contribution in [0.5, 0.6) is 0 Å². The molecule has 0 radical (unpaired) electrons. The van der Waals surface area contributed by atoms with E-state index in [4.69, 9.17) is 14.2 Å². The molecular formula is C70H112O6. The van der Waals surface area contributed by atoms with Gasteiger partial charge >= 0.3 is 17.9 Å². The van der Waals surface area contributed by atoms with Crippen LogP contribution in [0.1, 0.15) is 258 Å². The van der Waals surface area contributed by atoms with Gasteiger partial charge in [-0.1, -0.05) is 269 Å². The zero-order valence-electron chi connectivity index (χ0n) is 49.0. The summed E-state index contributed by atoms with van der Waals surface area (Å²) in [5, 5.41) is 0. The van der Waals surface area contributed by atoms with Crippen molar-refractivity contribution in [3.63, 3.8) is 0 Å². The van der Waals surface area contributed by atoms with Crippen molar-refractivity contribution in [3.8, 4) is 0 Å². The molecule has 0 spiro atoms. The minimum absolute atomic E-state index is 0.103. The number of esters is 3. The molecule has 0 fully saturated rings. The second kappa shape index (κ2) is 62.8. The van der Waals surface area contributed by atoms with Crippen molar-refractivity contribution in [2.75, 3.05) is 13.2 Å². The van der Waals surface area contributed by atoms with E-state index in [1.165, 1.54) is 83.5 Å². The lowest BCUT2D eigenvalue weighted by Gasteiger charge is -2.18. The molecule has 0 aromatic carbocycles. The Morgan fingerprint density at radius 3 is 0.855 bits per heavy atom. The van der Waals surface area contributed by atoms with Crippen LogP contribution >= 0.6 is 0 Å². The molecule has 6 nitrogen and oxygen atoms in total. The van der Waals surface area contributed by atoms with Crippen LogP contribution in [0.25, 0.3) is 0 Å². The summed E-state index contributed by atoms with van der Waals surface area (Å²) in [6, 6.07) is 0. The van der Waals surface area contributed by atoms with E-state index in [2.05, 4.69) is 167 Å². The number of carbonyl (C=O) groups excluding carboxylic acids is 3. The molecule has 0 saturated carbocycles. The Labute approximate surface area is 467 Å². The van der Waals surface area contributed by atoms with Crippen LogP contribution in [0.15, 0.2) is 146 Å². The average Bonchev–Trinajstić information content (AvgIpc) is 3.42. The molecule has 0 aliphatic rings. The normalized spacial score (nSPS) is 13.1. The first-order valence-corrected chi connectivity index (χ1v) is 30.8.